The Bertz CT molecular complexity index is 736. The van der Waals surface area contributed by atoms with Crippen molar-refractivity contribution in [2.24, 2.45) is 0 Å². The molecule has 3 rings (SSSR count). The van der Waals surface area contributed by atoms with Crippen LogP contribution in [0.3, 0.4) is 0 Å². The Balaban J connectivity index is 2.02. The molecule has 1 heterocycles. The molecule has 0 amide bonds. The normalized spacial score (nSPS) is 16.7. The van der Waals surface area contributed by atoms with Gasteiger partial charge < -0.3 is 0 Å². The summed E-state index contributed by atoms with van der Waals surface area (Å²) >= 11 is 0. The maximum absolute atomic E-state index is 13.9. The van der Waals surface area contributed by atoms with E-state index in [1.165, 1.54) is 12.3 Å². The third kappa shape index (κ3) is 2.62. The molecule has 2 nitrogen and oxygen atoms in total. The number of ketones is 1. The fourth-order valence-corrected chi connectivity index (χ4v) is 2.96. The van der Waals surface area contributed by atoms with Gasteiger partial charge in [0.1, 0.15) is 11.5 Å². The molecule has 0 saturated heterocycles. The van der Waals surface area contributed by atoms with Crippen molar-refractivity contribution in [3.63, 3.8) is 0 Å². The van der Waals surface area contributed by atoms with Gasteiger partial charge in [-0.05, 0) is 42.7 Å². The third-order valence-electron chi connectivity index (χ3n) is 4.37. The molecule has 2 aromatic rings. The summed E-state index contributed by atoms with van der Waals surface area (Å²) in [5.74, 6) is -1.63. The fraction of sp³-hybridized carbons (Fsp3) is 0.294. The second-order valence-corrected chi connectivity index (χ2v) is 5.67. The van der Waals surface area contributed by atoms with Gasteiger partial charge in [-0.25, -0.2) is 4.39 Å². The van der Waals surface area contributed by atoms with Crippen LogP contribution in [0.4, 0.5) is 17.6 Å². The van der Waals surface area contributed by atoms with Crippen molar-refractivity contribution in [3.8, 4) is 0 Å². The van der Waals surface area contributed by atoms with E-state index in [1.54, 1.807) is 18.2 Å². The Morgan fingerprint density at radius 3 is 2.35 bits per heavy atom. The largest absolute Gasteiger partial charge is 0.419 e. The lowest BCUT2D eigenvalue weighted by molar-refractivity contribution is -0.140. The number of carbonyl (C=O) groups excluding carboxylic acids is 1. The number of halogens is 4. The van der Waals surface area contributed by atoms with Crippen LogP contribution in [0.25, 0.3) is 0 Å². The number of nitrogens with zero attached hydrogens (tertiary/aromatic N) is 1. The van der Waals surface area contributed by atoms with E-state index < -0.39 is 23.0 Å². The Kier molecular flexibility index (Phi) is 3.70. The molecule has 1 aromatic carbocycles. The lowest BCUT2D eigenvalue weighted by Gasteiger charge is -2.40. The second kappa shape index (κ2) is 5.44. The van der Waals surface area contributed by atoms with Gasteiger partial charge in [0, 0.05) is 6.20 Å². The SMILES string of the molecule is O=C(c1ccccn1)C1(c2ccc(C(F)(F)F)c(F)c2)CCC1. The van der Waals surface area contributed by atoms with Gasteiger partial charge in [0.05, 0.1) is 11.0 Å². The first kappa shape index (κ1) is 15.6. The average molecular weight is 323 g/mol. The van der Waals surface area contributed by atoms with Crippen LogP contribution in [0.2, 0.25) is 0 Å². The van der Waals surface area contributed by atoms with Gasteiger partial charge in [-0.15, -0.1) is 0 Å². The Hall–Kier alpha value is -2.24. The number of benzene rings is 1. The first-order valence-corrected chi connectivity index (χ1v) is 7.18. The quantitative estimate of drug-likeness (QED) is 0.613. The predicted octanol–water partition coefficient (Wildman–Crippen LogP) is 4.54. The van der Waals surface area contributed by atoms with Crippen molar-refractivity contribution in [2.75, 3.05) is 0 Å². The van der Waals surface area contributed by atoms with Gasteiger partial charge in [-0.2, -0.15) is 13.2 Å². The number of alkyl halides is 3. The van der Waals surface area contributed by atoms with E-state index in [0.717, 1.165) is 12.5 Å². The Morgan fingerprint density at radius 1 is 1.13 bits per heavy atom. The van der Waals surface area contributed by atoms with Crippen LogP contribution in [0, 0.1) is 5.82 Å². The Labute approximate surface area is 130 Å². The zero-order chi connectivity index (χ0) is 16.7. The topological polar surface area (TPSA) is 30.0 Å². The summed E-state index contributed by atoms with van der Waals surface area (Å²) in [6.07, 6.45) is -1.55. The van der Waals surface area contributed by atoms with Gasteiger partial charge in [0.25, 0.3) is 0 Å². The van der Waals surface area contributed by atoms with E-state index in [1.807, 2.05) is 0 Å². The van der Waals surface area contributed by atoms with Crippen LogP contribution < -0.4 is 0 Å². The van der Waals surface area contributed by atoms with Crippen molar-refractivity contribution >= 4 is 5.78 Å². The summed E-state index contributed by atoms with van der Waals surface area (Å²) in [5.41, 5.74) is -1.77. The van der Waals surface area contributed by atoms with Gasteiger partial charge >= 0.3 is 6.18 Å². The summed E-state index contributed by atoms with van der Waals surface area (Å²) in [5, 5.41) is 0. The van der Waals surface area contributed by atoms with Crippen LogP contribution in [0.1, 0.15) is 40.9 Å². The maximum Gasteiger partial charge on any atom is 0.419 e. The van der Waals surface area contributed by atoms with Crippen LogP contribution >= 0.6 is 0 Å². The van der Waals surface area contributed by atoms with Crippen LogP contribution in [0.15, 0.2) is 42.6 Å². The van der Waals surface area contributed by atoms with Gasteiger partial charge in [0.15, 0.2) is 5.78 Å². The molecule has 0 spiro atoms. The second-order valence-electron chi connectivity index (χ2n) is 5.67. The van der Waals surface area contributed by atoms with Crippen molar-refractivity contribution in [1.82, 2.24) is 4.98 Å². The molecule has 120 valence electrons. The number of hydrogen-bond acceptors (Lipinski definition) is 2. The minimum Gasteiger partial charge on any atom is -0.291 e. The van der Waals surface area contributed by atoms with Crippen molar-refractivity contribution in [1.29, 1.82) is 0 Å². The summed E-state index contributed by atoms with van der Waals surface area (Å²) in [6, 6.07) is 7.63. The minimum absolute atomic E-state index is 0.243. The zero-order valence-electron chi connectivity index (χ0n) is 12.0. The number of Topliss-reactive ketones (excluding diaryl/α,β-unsaturated/α-hetero) is 1. The molecule has 1 saturated carbocycles. The molecular formula is C17H13F4NO. The zero-order valence-corrected chi connectivity index (χ0v) is 12.0. The molecule has 1 aliphatic carbocycles. The average Bonchev–Trinajstić information content (AvgIpc) is 2.45. The summed E-state index contributed by atoms with van der Waals surface area (Å²) < 4.78 is 51.9. The molecule has 0 radical (unpaired) electrons. The molecule has 0 N–H and O–H groups in total. The fourth-order valence-electron chi connectivity index (χ4n) is 2.96. The van der Waals surface area contributed by atoms with E-state index in [2.05, 4.69) is 4.98 Å². The lowest BCUT2D eigenvalue weighted by Crippen LogP contribution is -2.43. The number of carbonyl (C=O) groups is 1. The minimum atomic E-state index is -4.75. The highest BCUT2D eigenvalue weighted by atomic mass is 19.4. The first-order valence-electron chi connectivity index (χ1n) is 7.18. The first-order chi connectivity index (χ1) is 10.8. The van der Waals surface area contributed by atoms with E-state index >= 15 is 0 Å². The highest BCUT2D eigenvalue weighted by molar-refractivity contribution is 6.03. The van der Waals surface area contributed by atoms with Crippen molar-refractivity contribution < 1.29 is 22.4 Å². The Morgan fingerprint density at radius 2 is 1.87 bits per heavy atom. The molecule has 0 bridgehead atoms. The molecule has 6 heteroatoms. The molecule has 0 unspecified atom stereocenters. The molecule has 1 aromatic heterocycles. The maximum atomic E-state index is 13.9. The van der Waals surface area contributed by atoms with Crippen LogP contribution in [0.5, 0.6) is 0 Å². The van der Waals surface area contributed by atoms with E-state index in [4.69, 9.17) is 0 Å². The number of aromatic nitrogens is 1. The lowest BCUT2D eigenvalue weighted by atomic mass is 9.61. The number of hydrogen-bond donors (Lipinski definition) is 0. The van der Waals surface area contributed by atoms with Crippen LogP contribution in [-0.2, 0) is 11.6 Å². The molecule has 1 aliphatic rings. The summed E-state index contributed by atoms with van der Waals surface area (Å²) in [6.45, 7) is 0. The monoisotopic (exact) mass is 323 g/mol. The van der Waals surface area contributed by atoms with E-state index in [0.29, 0.717) is 18.9 Å². The van der Waals surface area contributed by atoms with Gasteiger partial charge in [-0.3, -0.25) is 9.78 Å². The highest BCUT2D eigenvalue weighted by Crippen LogP contribution is 2.46. The van der Waals surface area contributed by atoms with Gasteiger partial charge in [-0.1, -0.05) is 18.6 Å². The highest BCUT2D eigenvalue weighted by Gasteiger charge is 2.47. The van der Waals surface area contributed by atoms with Gasteiger partial charge in [0.2, 0.25) is 0 Å². The molecule has 1 fully saturated rings. The number of pyridine rings is 1. The summed E-state index contributed by atoms with van der Waals surface area (Å²) in [7, 11) is 0. The predicted molar refractivity (Wildman–Crippen MR) is 75.5 cm³/mol. The number of rotatable bonds is 3. The molecular weight excluding hydrogens is 310 g/mol. The smallest absolute Gasteiger partial charge is 0.291 e. The molecule has 0 aliphatic heterocycles. The standard InChI is InChI=1S/C17H13F4NO/c18-13-10-11(5-6-12(13)17(19,20)21)16(7-3-8-16)15(23)14-4-1-2-9-22-14/h1-2,4-6,9-10H,3,7-8H2. The van der Waals surface area contributed by atoms with E-state index in [-0.39, 0.29) is 17.0 Å². The molecule has 0 atom stereocenters. The van der Waals surface area contributed by atoms with Crippen molar-refractivity contribution in [3.05, 3.63) is 65.2 Å². The molecule has 23 heavy (non-hydrogen) atoms. The third-order valence-corrected chi connectivity index (χ3v) is 4.37. The summed E-state index contributed by atoms with van der Waals surface area (Å²) in [4.78, 5) is 16.7. The van der Waals surface area contributed by atoms with Crippen molar-refractivity contribution in [2.45, 2.75) is 30.9 Å². The van der Waals surface area contributed by atoms with E-state index in [9.17, 15) is 22.4 Å². The van der Waals surface area contributed by atoms with Crippen LogP contribution in [-0.4, -0.2) is 10.8 Å².